The molecule has 1 amide bonds. The summed E-state index contributed by atoms with van der Waals surface area (Å²) in [6, 6.07) is 13.5. The van der Waals surface area contributed by atoms with Crippen molar-refractivity contribution in [1.29, 1.82) is 0 Å². The molecule has 2 aromatic carbocycles. The van der Waals surface area contributed by atoms with Crippen LogP contribution in [0.5, 0.6) is 5.75 Å². The van der Waals surface area contributed by atoms with Gasteiger partial charge in [0.05, 0.1) is 22.9 Å². The predicted molar refractivity (Wildman–Crippen MR) is 114 cm³/mol. The maximum absolute atomic E-state index is 12.7. The summed E-state index contributed by atoms with van der Waals surface area (Å²) in [5.74, 6) is 1.56. The van der Waals surface area contributed by atoms with Gasteiger partial charge in [-0.1, -0.05) is 23.5 Å². The number of carbonyl (C=O) groups is 1. The fourth-order valence-electron chi connectivity index (χ4n) is 2.45. The van der Waals surface area contributed by atoms with Crippen molar-refractivity contribution in [3.63, 3.8) is 0 Å². The van der Waals surface area contributed by atoms with E-state index in [0.29, 0.717) is 5.56 Å². The molecular formula is C18H17IN2O2S2. The van der Waals surface area contributed by atoms with Gasteiger partial charge < -0.3 is 9.30 Å². The van der Waals surface area contributed by atoms with Gasteiger partial charge in [-0.05, 0) is 59.2 Å². The van der Waals surface area contributed by atoms with Crippen LogP contribution in [0.15, 0.2) is 47.5 Å². The van der Waals surface area contributed by atoms with Crippen LogP contribution >= 0.6 is 45.7 Å². The number of aryl methyl sites for hydroxylation is 1. The zero-order valence-corrected chi connectivity index (χ0v) is 17.7. The van der Waals surface area contributed by atoms with E-state index in [1.165, 1.54) is 11.3 Å². The normalized spacial score (nSPS) is 11.9. The third-order valence-electron chi connectivity index (χ3n) is 3.71. The Morgan fingerprint density at radius 1 is 1.32 bits per heavy atom. The van der Waals surface area contributed by atoms with Crippen LogP contribution in [0, 0.1) is 3.57 Å². The largest absolute Gasteiger partial charge is 0.497 e. The molecule has 7 heteroatoms. The van der Waals surface area contributed by atoms with Crippen molar-refractivity contribution in [3.05, 3.63) is 56.4 Å². The van der Waals surface area contributed by atoms with Gasteiger partial charge in [0.2, 0.25) is 0 Å². The highest BCUT2D eigenvalue weighted by Gasteiger charge is 2.11. The van der Waals surface area contributed by atoms with E-state index < -0.39 is 0 Å². The molecule has 1 heterocycles. The molecule has 0 bridgehead atoms. The van der Waals surface area contributed by atoms with Crippen molar-refractivity contribution >= 4 is 61.8 Å². The fourth-order valence-corrected chi connectivity index (χ4v) is 4.51. The molecule has 0 atom stereocenters. The summed E-state index contributed by atoms with van der Waals surface area (Å²) in [4.78, 5) is 17.8. The maximum atomic E-state index is 12.7. The number of rotatable bonds is 5. The van der Waals surface area contributed by atoms with Crippen LogP contribution in [0.25, 0.3) is 10.2 Å². The Kier molecular flexibility index (Phi) is 6.19. The van der Waals surface area contributed by atoms with E-state index in [1.54, 1.807) is 18.9 Å². The van der Waals surface area contributed by atoms with Crippen LogP contribution in [0.3, 0.4) is 0 Å². The summed E-state index contributed by atoms with van der Waals surface area (Å²) in [5, 5.41) is 0. The van der Waals surface area contributed by atoms with Crippen LogP contribution in [-0.4, -0.2) is 29.6 Å². The Morgan fingerprint density at radius 3 is 2.84 bits per heavy atom. The first-order valence-electron chi connectivity index (χ1n) is 7.64. The second-order valence-corrected chi connectivity index (χ2v) is 8.42. The van der Waals surface area contributed by atoms with Crippen molar-refractivity contribution in [3.8, 4) is 5.75 Å². The Hall–Kier alpha value is -1.32. The minimum Gasteiger partial charge on any atom is -0.497 e. The molecule has 25 heavy (non-hydrogen) atoms. The molecule has 0 spiro atoms. The number of fused-ring (bicyclic) bond motifs is 1. The second-order valence-electron chi connectivity index (χ2n) is 5.26. The Labute approximate surface area is 168 Å². The second kappa shape index (κ2) is 8.37. The number of benzene rings is 2. The topological polar surface area (TPSA) is 43.6 Å². The number of thiazole rings is 1. The zero-order chi connectivity index (χ0) is 17.8. The van der Waals surface area contributed by atoms with E-state index in [4.69, 9.17) is 4.74 Å². The maximum Gasteiger partial charge on any atom is 0.280 e. The lowest BCUT2D eigenvalue weighted by molar-refractivity contribution is 0.0997. The Morgan fingerprint density at radius 2 is 2.12 bits per heavy atom. The van der Waals surface area contributed by atoms with E-state index in [2.05, 4.69) is 38.4 Å². The quantitative estimate of drug-likeness (QED) is 0.504. The van der Waals surface area contributed by atoms with Gasteiger partial charge in [-0.25, -0.2) is 0 Å². The lowest BCUT2D eigenvalue weighted by atomic mass is 10.2. The number of amides is 1. The average molecular weight is 484 g/mol. The standard InChI is InChI=1S/C18H17IN2O2S2/c1-23-12-7-8-15-16(11-12)25-18(21(15)9-10-24-2)20-17(22)13-5-3-4-6-14(13)19/h3-8,11H,9-10H2,1-2H3. The highest BCUT2D eigenvalue weighted by Crippen LogP contribution is 2.23. The van der Waals surface area contributed by atoms with E-state index in [9.17, 15) is 4.79 Å². The SMILES string of the molecule is COc1ccc2c(c1)sc(=NC(=O)c1ccccc1I)n2CCSC. The average Bonchev–Trinajstić information content (AvgIpc) is 2.96. The molecule has 0 saturated heterocycles. The molecule has 0 fully saturated rings. The minimum atomic E-state index is -0.207. The first-order valence-corrected chi connectivity index (χ1v) is 10.9. The molecule has 4 nitrogen and oxygen atoms in total. The van der Waals surface area contributed by atoms with Crippen LogP contribution in [0.4, 0.5) is 0 Å². The number of aromatic nitrogens is 1. The zero-order valence-electron chi connectivity index (χ0n) is 13.9. The first kappa shape index (κ1) is 18.5. The summed E-state index contributed by atoms with van der Waals surface area (Å²) in [7, 11) is 1.66. The first-order chi connectivity index (χ1) is 12.1. The van der Waals surface area contributed by atoms with Gasteiger partial charge in [-0.3, -0.25) is 4.79 Å². The van der Waals surface area contributed by atoms with Crippen molar-refractivity contribution < 1.29 is 9.53 Å². The summed E-state index contributed by atoms with van der Waals surface area (Å²) in [5.41, 5.74) is 1.71. The minimum absolute atomic E-state index is 0.207. The number of nitrogens with zero attached hydrogens (tertiary/aromatic N) is 2. The number of carbonyl (C=O) groups excluding carboxylic acids is 1. The van der Waals surface area contributed by atoms with E-state index in [-0.39, 0.29) is 5.91 Å². The van der Waals surface area contributed by atoms with Crippen LogP contribution in [-0.2, 0) is 6.54 Å². The summed E-state index contributed by atoms with van der Waals surface area (Å²) in [6.07, 6.45) is 2.08. The van der Waals surface area contributed by atoms with Crippen molar-refractivity contribution in [2.75, 3.05) is 19.1 Å². The fraction of sp³-hybridized carbons (Fsp3) is 0.222. The Bertz CT molecular complexity index is 979. The van der Waals surface area contributed by atoms with Gasteiger partial charge in [-0.2, -0.15) is 16.8 Å². The molecule has 3 aromatic rings. The number of ether oxygens (including phenoxy) is 1. The van der Waals surface area contributed by atoms with Crippen molar-refractivity contribution in [1.82, 2.24) is 4.57 Å². The highest BCUT2D eigenvalue weighted by molar-refractivity contribution is 14.1. The lowest BCUT2D eigenvalue weighted by Crippen LogP contribution is -2.18. The summed E-state index contributed by atoms with van der Waals surface area (Å²) in [6.45, 7) is 0.811. The van der Waals surface area contributed by atoms with Gasteiger partial charge in [0.25, 0.3) is 5.91 Å². The molecule has 3 rings (SSSR count). The molecule has 0 aliphatic carbocycles. The van der Waals surface area contributed by atoms with Crippen LogP contribution < -0.4 is 9.54 Å². The monoisotopic (exact) mass is 484 g/mol. The number of halogens is 1. The van der Waals surface area contributed by atoms with Crippen molar-refractivity contribution in [2.45, 2.75) is 6.54 Å². The van der Waals surface area contributed by atoms with Crippen LogP contribution in [0.1, 0.15) is 10.4 Å². The van der Waals surface area contributed by atoms with Gasteiger partial charge in [0.15, 0.2) is 4.80 Å². The van der Waals surface area contributed by atoms with Crippen molar-refractivity contribution in [2.24, 2.45) is 4.99 Å². The molecule has 130 valence electrons. The molecule has 0 aliphatic rings. The predicted octanol–water partition coefficient (Wildman–Crippen LogP) is 4.42. The summed E-state index contributed by atoms with van der Waals surface area (Å²) < 4.78 is 9.40. The molecule has 1 aromatic heterocycles. The molecule has 0 aliphatic heterocycles. The molecule has 0 saturated carbocycles. The molecule has 0 unspecified atom stereocenters. The smallest absolute Gasteiger partial charge is 0.280 e. The van der Waals surface area contributed by atoms with Crippen LogP contribution in [0.2, 0.25) is 0 Å². The van der Waals surface area contributed by atoms with E-state index in [0.717, 1.165) is 36.6 Å². The summed E-state index contributed by atoms with van der Waals surface area (Å²) >= 11 is 5.46. The van der Waals surface area contributed by atoms with Gasteiger partial charge in [0.1, 0.15) is 5.75 Å². The number of thioether (sulfide) groups is 1. The third-order valence-corrected chi connectivity index (χ3v) is 6.28. The lowest BCUT2D eigenvalue weighted by Gasteiger charge is -2.05. The van der Waals surface area contributed by atoms with E-state index >= 15 is 0 Å². The number of hydrogen-bond donors (Lipinski definition) is 0. The Balaban J connectivity index is 2.13. The van der Waals surface area contributed by atoms with E-state index in [1.807, 2.05) is 42.5 Å². The molecule has 0 radical (unpaired) electrons. The number of hydrogen-bond acceptors (Lipinski definition) is 4. The van der Waals surface area contributed by atoms with Gasteiger partial charge in [0, 0.05) is 15.9 Å². The third kappa shape index (κ3) is 4.09. The highest BCUT2D eigenvalue weighted by atomic mass is 127. The molecule has 0 N–H and O–H groups in total. The van der Waals surface area contributed by atoms with Gasteiger partial charge >= 0.3 is 0 Å². The number of methoxy groups -OCH3 is 1. The van der Waals surface area contributed by atoms with Gasteiger partial charge in [-0.15, -0.1) is 0 Å². The molecular weight excluding hydrogens is 467 g/mol.